The van der Waals surface area contributed by atoms with Crippen molar-refractivity contribution in [2.24, 2.45) is 11.8 Å². The Kier molecular flexibility index (Phi) is 18.4. The Morgan fingerprint density at radius 2 is 1.68 bits per heavy atom. The number of β-amino-alcohol motifs (C(OH)–C–C–N with tert-alkyl or cyclic N) is 1. The van der Waals surface area contributed by atoms with Crippen molar-refractivity contribution in [2.45, 2.75) is 162 Å². The lowest BCUT2D eigenvalue weighted by molar-refractivity contribution is -0.142. The average Bonchev–Trinajstić information content (AvgIpc) is 1.23. The molecule has 1 unspecified atom stereocenters. The Labute approximate surface area is 539 Å². The standard InChI is InChI=1S/C69H83FN12O9S/c1-38(2)35-90-67-74-60-50(64(75-67)78(10)47-24-25-79(31-47)68(87)91-69(7,8)9)28-49(43-18-19-43)59(58-40(5)52(70)29-55-51(58)30-72-82(55)57-13-11-12-26-88-57)62(60)89-36-42-14-16-44(17-15-42)53-33-81(77-76-53)61(39(3)4)66(86)80-32-48(84)27-56(80)65(85)73-54(34-83)45-20-22-46(23-21-45)63-41(6)71-37-92-63/h14-17,20-23,28-30,33,37-39,43,47-48,54,56-57,61,83-84H,11-13,18-19,24-27,31-32,34-36H2,1-10H3,(H,73,85)/t47-,48+,54-,56-,57?,61-/m0/s1. The van der Waals surface area contributed by atoms with Crippen LogP contribution in [0, 0.1) is 31.5 Å². The minimum atomic E-state index is -0.999. The van der Waals surface area contributed by atoms with E-state index < -0.39 is 41.6 Å². The lowest BCUT2D eigenvalue weighted by Gasteiger charge is -2.30. The van der Waals surface area contributed by atoms with Crippen molar-refractivity contribution in [3.8, 4) is 44.6 Å². The number of aryl methyl sites for hydroxylation is 1. The van der Waals surface area contributed by atoms with E-state index >= 15 is 4.39 Å². The van der Waals surface area contributed by atoms with Gasteiger partial charge >= 0.3 is 12.1 Å². The van der Waals surface area contributed by atoms with Gasteiger partial charge in [-0.2, -0.15) is 15.1 Å². The van der Waals surface area contributed by atoms with Crippen LogP contribution >= 0.6 is 11.3 Å². The molecule has 23 heteroatoms. The monoisotopic (exact) mass is 1270 g/mol. The van der Waals surface area contributed by atoms with Crippen LogP contribution in [0.1, 0.15) is 146 Å². The Morgan fingerprint density at radius 3 is 2.36 bits per heavy atom. The van der Waals surface area contributed by atoms with E-state index in [2.05, 4.69) is 45.4 Å². The maximum atomic E-state index is 16.9. The van der Waals surface area contributed by atoms with Gasteiger partial charge in [0.15, 0.2) is 12.0 Å². The van der Waals surface area contributed by atoms with Crippen LogP contribution in [0.4, 0.5) is 15.0 Å². The minimum absolute atomic E-state index is 0.0282. The van der Waals surface area contributed by atoms with E-state index in [1.165, 1.54) is 20.9 Å². The maximum Gasteiger partial charge on any atom is 0.410 e. The zero-order valence-electron chi connectivity index (χ0n) is 54.1. The van der Waals surface area contributed by atoms with Gasteiger partial charge in [0.2, 0.25) is 11.8 Å². The number of benzene rings is 4. The number of fused-ring (bicyclic) bond motifs is 2. The highest BCUT2D eigenvalue weighted by Gasteiger charge is 2.44. The molecule has 4 fully saturated rings. The number of carbonyl (C=O) groups is 3. The number of hydrogen-bond donors (Lipinski definition) is 3. The summed E-state index contributed by atoms with van der Waals surface area (Å²) < 4.78 is 46.0. The van der Waals surface area contributed by atoms with E-state index in [0.29, 0.717) is 77.7 Å². The zero-order valence-corrected chi connectivity index (χ0v) is 54.9. The molecule has 3 aliphatic heterocycles. The molecule has 6 atom stereocenters. The van der Waals surface area contributed by atoms with Gasteiger partial charge in [0, 0.05) is 79.3 Å². The highest BCUT2D eigenvalue weighted by atomic mass is 32.1. The molecule has 4 aliphatic rings. The molecule has 3 saturated heterocycles. The highest BCUT2D eigenvalue weighted by molar-refractivity contribution is 7.13. The molecule has 3 N–H and O–H groups in total. The number of nitrogens with zero attached hydrogens (tertiary/aromatic N) is 11. The summed E-state index contributed by atoms with van der Waals surface area (Å²) in [5, 5.41) is 39.8. The van der Waals surface area contributed by atoms with Gasteiger partial charge in [-0.25, -0.2) is 23.5 Å². The topological polar surface area (TPSA) is 238 Å². The number of carbonyl (C=O) groups excluding carboxylic acids is 3. The normalized spacial score (nSPS) is 19.3. The molecule has 0 spiro atoms. The number of nitrogens with one attached hydrogen (secondary N) is 1. The van der Waals surface area contributed by atoms with E-state index in [1.807, 2.05) is 108 Å². The van der Waals surface area contributed by atoms with E-state index in [9.17, 15) is 24.6 Å². The quantitative estimate of drug-likeness (QED) is 0.0643. The van der Waals surface area contributed by atoms with Crippen molar-refractivity contribution in [1.29, 1.82) is 0 Å². The lowest BCUT2D eigenvalue weighted by atomic mass is 9.88. The van der Waals surface area contributed by atoms with Gasteiger partial charge in [-0.15, -0.1) is 16.4 Å². The van der Waals surface area contributed by atoms with Crippen LogP contribution in [0.3, 0.4) is 0 Å². The molecule has 4 aromatic carbocycles. The van der Waals surface area contributed by atoms with E-state index in [0.717, 1.165) is 81.3 Å². The van der Waals surface area contributed by atoms with E-state index in [4.69, 9.17) is 34.0 Å². The van der Waals surface area contributed by atoms with Gasteiger partial charge < -0.3 is 49.2 Å². The number of likely N-dealkylation sites (tertiary alicyclic amines) is 2. The van der Waals surface area contributed by atoms with Crippen molar-refractivity contribution in [3.05, 3.63) is 112 Å². The van der Waals surface area contributed by atoms with Crippen LogP contribution in [0.15, 0.2) is 78.6 Å². The number of aliphatic hydroxyl groups is 2. The van der Waals surface area contributed by atoms with Crippen LogP contribution < -0.4 is 19.7 Å². The van der Waals surface area contributed by atoms with Gasteiger partial charge in [-0.1, -0.05) is 81.4 Å². The third-order valence-corrected chi connectivity index (χ3v) is 18.9. The summed E-state index contributed by atoms with van der Waals surface area (Å²) in [4.78, 5) is 63.3. The summed E-state index contributed by atoms with van der Waals surface area (Å²) in [6, 6.07) is 16.4. The smallest absolute Gasteiger partial charge is 0.410 e. The molecule has 92 heavy (non-hydrogen) atoms. The number of aliphatic hydroxyl groups excluding tert-OH is 2. The summed E-state index contributed by atoms with van der Waals surface area (Å²) in [7, 11) is 1.99. The molecule has 4 aromatic heterocycles. The Balaban J connectivity index is 0.857. The summed E-state index contributed by atoms with van der Waals surface area (Å²) in [6.45, 7) is 18.7. The van der Waals surface area contributed by atoms with Gasteiger partial charge in [0.25, 0.3) is 0 Å². The van der Waals surface area contributed by atoms with Crippen LogP contribution in [-0.2, 0) is 25.7 Å². The van der Waals surface area contributed by atoms with Gasteiger partial charge in [0.1, 0.15) is 47.1 Å². The SMILES string of the molecule is Cc1ncsc1-c1ccc([C@H](CO)NC(=O)[C@@H]2C[C@@H](O)CN2C(=O)[C@H](C(C)C)n2cc(-c3ccc(COc4c(-c5c(C)c(F)cc6c5cnn6C5CCCCO5)c(C5CC5)cc5c(N(C)[C@H]6CCN(C(=O)OC(C)(C)C)C6)nc(OCC(C)C)nc45)cc3)nn2)cc1. The van der Waals surface area contributed by atoms with Crippen molar-refractivity contribution < 1.29 is 47.9 Å². The van der Waals surface area contributed by atoms with Crippen molar-refractivity contribution >= 4 is 56.9 Å². The van der Waals surface area contributed by atoms with Gasteiger partial charge in [0.05, 0.1) is 59.4 Å². The minimum Gasteiger partial charge on any atom is -0.486 e. The van der Waals surface area contributed by atoms with E-state index in [-0.39, 0.29) is 74.1 Å². The van der Waals surface area contributed by atoms with Crippen LogP contribution in [0.25, 0.3) is 54.6 Å². The first kappa shape index (κ1) is 64.0. The average molecular weight is 1280 g/mol. The van der Waals surface area contributed by atoms with Crippen molar-refractivity contribution in [1.82, 2.24) is 54.8 Å². The fourth-order valence-corrected chi connectivity index (χ4v) is 13.8. The largest absolute Gasteiger partial charge is 0.486 e. The number of amides is 3. The first-order chi connectivity index (χ1) is 44.1. The number of likely N-dealkylation sites (N-methyl/N-ethyl adjacent to an activating group) is 1. The van der Waals surface area contributed by atoms with Crippen molar-refractivity contribution in [3.63, 3.8) is 0 Å². The number of hydrogen-bond acceptors (Lipinski definition) is 17. The number of thiazole rings is 1. The molecule has 0 bridgehead atoms. The zero-order chi connectivity index (χ0) is 64.9. The predicted molar refractivity (Wildman–Crippen MR) is 349 cm³/mol. The van der Waals surface area contributed by atoms with Crippen LogP contribution in [0.5, 0.6) is 11.8 Å². The molecule has 0 radical (unpaired) electrons. The van der Waals surface area contributed by atoms with Crippen molar-refractivity contribution in [2.75, 3.05) is 51.4 Å². The number of aromatic nitrogens is 8. The molecule has 7 heterocycles. The molecule has 1 saturated carbocycles. The summed E-state index contributed by atoms with van der Waals surface area (Å²) >= 11 is 1.54. The molecule has 8 aromatic rings. The predicted octanol–water partition coefficient (Wildman–Crippen LogP) is 11.4. The van der Waals surface area contributed by atoms with E-state index in [1.54, 1.807) is 29.6 Å². The molecule has 21 nitrogen and oxygen atoms in total. The maximum absolute atomic E-state index is 16.9. The first-order valence-corrected chi connectivity index (χ1v) is 33.0. The fourth-order valence-electron chi connectivity index (χ4n) is 13.0. The molecule has 3 amide bonds. The van der Waals surface area contributed by atoms with Gasteiger partial charge in [-0.3, -0.25) is 9.59 Å². The van der Waals surface area contributed by atoms with Crippen LogP contribution in [-0.4, -0.2) is 148 Å². The summed E-state index contributed by atoms with van der Waals surface area (Å²) in [5.74, 6) is -0.236. The molecule has 1 aliphatic carbocycles. The fraction of sp³-hybridized carbons (Fsp3) is 0.493. The Morgan fingerprint density at radius 1 is 0.924 bits per heavy atom. The third-order valence-electron chi connectivity index (χ3n) is 18.0. The second-order valence-electron chi connectivity index (χ2n) is 26.8. The first-order valence-electron chi connectivity index (χ1n) is 32.2. The number of ether oxygens (including phenoxy) is 4. The molecular weight excluding hydrogens is 1190 g/mol. The van der Waals surface area contributed by atoms with Gasteiger partial charge in [-0.05, 0) is 125 Å². The molecule has 12 rings (SSSR count). The lowest BCUT2D eigenvalue weighted by Crippen LogP contribution is -2.50. The summed E-state index contributed by atoms with van der Waals surface area (Å²) in [6.07, 6.45) is 7.07. The highest BCUT2D eigenvalue weighted by Crippen LogP contribution is 2.54. The number of halogens is 1. The second kappa shape index (κ2) is 26.5. The molecular formula is C69H83FN12O9S. The number of anilines is 1. The number of rotatable bonds is 20. The van der Waals surface area contributed by atoms with Crippen LogP contribution in [0.2, 0.25) is 0 Å². The Hall–Kier alpha value is -8.12. The molecule has 486 valence electrons. The Bertz CT molecular complexity index is 4000. The third kappa shape index (κ3) is 13.3. The summed E-state index contributed by atoms with van der Waals surface area (Å²) in [5.41, 5.74) is 9.66. The second-order valence-corrected chi connectivity index (χ2v) is 27.7.